The van der Waals surface area contributed by atoms with Crippen molar-refractivity contribution in [3.63, 3.8) is 0 Å². The smallest absolute Gasteiger partial charge is 0.307 e. The Morgan fingerprint density at radius 3 is 2.87 bits per heavy atom. The van der Waals surface area contributed by atoms with E-state index in [2.05, 4.69) is 15.3 Å². The Hall–Kier alpha value is -2.28. The third kappa shape index (κ3) is 5.78. The largest absolute Gasteiger partial charge is 0.463 e. The van der Waals surface area contributed by atoms with E-state index in [9.17, 15) is 9.59 Å². The number of carbonyl (C=O) groups is 2. The molecule has 122 valence electrons. The zero-order valence-corrected chi connectivity index (χ0v) is 13.9. The molecule has 2 aromatic rings. The van der Waals surface area contributed by atoms with Crippen molar-refractivity contribution < 1.29 is 14.3 Å². The van der Waals surface area contributed by atoms with Crippen LogP contribution in [0.3, 0.4) is 0 Å². The zero-order chi connectivity index (χ0) is 16.7. The average Bonchev–Trinajstić information content (AvgIpc) is 2.95. The number of amides is 1. The maximum absolute atomic E-state index is 11.8. The SMILES string of the molecule is CC(C)OC(=O)CCNC(=O)Cc1csc(-c2ccccn2)n1. The molecule has 0 aromatic carbocycles. The molecule has 6 nitrogen and oxygen atoms in total. The molecular formula is C16H19N3O3S. The monoisotopic (exact) mass is 333 g/mol. The van der Waals surface area contributed by atoms with Gasteiger partial charge in [-0.25, -0.2) is 4.98 Å². The van der Waals surface area contributed by atoms with Crippen molar-refractivity contribution >= 4 is 23.2 Å². The molecule has 2 rings (SSSR count). The third-order valence-corrected chi connectivity index (χ3v) is 3.71. The van der Waals surface area contributed by atoms with Crippen LogP contribution in [0.2, 0.25) is 0 Å². The van der Waals surface area contributed by atoms with Gasteiger partial charge in [0.15, 0.2) is 0 Å². The molecule has 0 saturated heterocycles. The molecule has 0 aliphatic carbocycles. The van der Waals surface area contributed by atoms with Gasteiger partial charge in [-0.3, -0.25) is 14.6 Å². The molecule has 0 aliphatic heterocycles. The first-order valence-electron chi connectivity index (χ1n) is 7.36. The van der Waals surface area contributed by atoms with Gasteiger partial charge in [-0.15, -0.1) is 11.3 Å². The molecule has 0 radical (unpaired) electrons. The van der Waals surface area contributed by atoms with Crippen molar-refractivity contribution in [3.8, 4) is 10.7 Å². The van der Waals surface area contributed by atoms with Crippen LogP contribution in [0.1, 0.15) is 26.0 Å². The number of ether oxygens (including phenoxy) is 1. The van der Waals surface area contributed by atoms with Gasteiger partial charge in [-0.1, -0.05) is 6.07 Å². The standard InChI is InChI=1S/C16H19N3O3S/c1-11(2)22-15(21)6-8-18-14(20)9-12-10-23-16(19-12)13-5-3-4-7-17-13/h3-5,7,10-11H,6,8-9H2,1-2H3,(H,18,20). The van der Waals surface area contributed by atoms with Gasteiger partial charge >= 0.3 is 5.97 Å². The van der Waals surface area contributed by atoms with E-state index in [4.69, 9.17) is 4.74 Å². The van der Waals surface area contributed by atoms with E-state index in [0.29, 0.717) is 5.69 Å². The third-order valence-electron chi connectivity index (χ3n) is 2.80. The Kier molecular flexibility index (Phi) is 6.22. The molecule has 0 spiro atoms. The van der Waals surface area contributed by atoms with Crippen LogP contribution in [0.4, 0.5) is 0 Å². The first kappa shape index (κ1) is 17.1. The van der Waals surface area contributed by atoms with Crippen LogP contribution in [0, 0.1) is 0 Å². The van der Waals surface area contributed by atoms with Gasteiger partial charge in [0.25, 0.3) is 0 Å². The summed E-state index contributed by atoms with van der Waals surface area (Å²) < 4.78 is 4.99. The van der Waals surface area contributed by atoms with Gasteiger partial charge in [0.2, 0.25) is 5.91 Å². The van der Waals surface area contributed by atoms with E-state index in [-0.39, 0.29) is 37.4 Å². The maximum Gasteiger partial charge on any atom is 0.307 e. The number of hydrogen-bond acceptors (Lipinski definition) is 6. The van der Waals surface area contributed by atoms with Crippen molar-refractivity contribution in [2.45, 2.75) is 32.8 Å². The zero-order valence-electron chi connectivity index (χ0n) is 13.1. The number of pyridine rings is 1. The van der Waals surface area contributed by atoms with Crippen molar-refractivity contribution in [2.24, 2.45) is 0 Å². The second-order valence-corrected chi connectivity index (χ2v) is 6.03. The van der Waals surface area contributed by atoms with E-state index < -0.39 is 0 Å². The quantitative estimate of drug-likeness (QED) is 0.786. The van der Waals surface area contributed by atoms with Gasteiger partial charge in [-0.05, 0) is 26.0 Å². The maximum atomic E-state index is 11.8. The second-order valence-electron chi connectivity index (χ2n) is 5.17. The van der Waals surface area contributed by atoms with E-state index in [1.165, 1.54) is 11.3 Å². The molecule has 0 fully saturated rings. The molecule has 0 bridgehead atoms. The fraction of sp³-hybridized carbons (Fsp3) is 0.375. The summed E-state index contributed by atoms with van der Waals surface area (Å²) >= 11 is 1.45. The summed E-state index contributed by atoms with van der Waals surface area (Å²) in [6.45, 7) is 3.84. The highest BCUT2D eigenvalue weighted by Gasteiger charge is 2.10. The van der Waals surface area contributed by atoms with Crippen LogP contribution in [-0.4, -0.2) is 34.5 Å². The summed E-state index contributed by atoms with van der Waals surface area (Å²) in [5.74, 6) is -0.480. The van der Waals surface area contributed by atoms with Crippen LogP contribution < -0.4 is 5.32 Å². The summed E-state index contributed by atoms with van der Waals surface area (Å²) in [4.78, 5) is 31.8. The van der Waals surface area contributed by atoms with Crippen LogP contribution in [-0.2, 0) is 20.7 Å². The Morgan fingerprint density at radius 2 is 2.17 bits per heavy atom. The number of rotatable bonds is 7. The Morgan fingerprint density at radius 1 is 1.35 bits per heavy atom. The molecule has 0 atom stereocenters. The second kappa shape index (κ2) is 8.38. The number of esters is 1. The number of nitrogens with zero attached hydrogens (tertiary/aromatic N) is 2. The molecule has 2 heterocycles. The summed E-state index contributed by atoms with van der Waals surface area (Å²) in [6, 6.07) is 5.62. The minimum atomic E-state index is -0.314. The average molecular weight is 333 g/mol. The molecule has 7 heteroatoms. The van der Waals surface area contributed by atoms with Gasteiger partial charge in [0.05, 0.1) is 30.3 Å². The van der Waals surface area contributed by atoms with Crippen LogP contribution >= 0.6 is 11.3 Å². The van der Waals surface area contributed by atoms with E-state index in [0.717, 1.165) is 10.7 Å². The molecular weight excluding hydrogens is 314 g/mol. The molecule has 23 heavy (non-hydrogen) atoms. The Labute approximate surface area is 138 Å². The number of thiazole rings is 1. The Balaban J connectivity index is 1.78. The van der Waals surface area contributed by atoms with Gasteiger partial charge in [0.1, 0.15) is 5.01 Å². The van der Waals surface area contributed by atoms with Crippen LogP contribution in [0.25, 0.3) is 10.7 Å². The summed E-state index contributed by atoms with van der Waals surface area (Å²) in [5.41, 5.74) is 1.48. The molecule has 0 saturated carbocycles. The fourth-order valence-corrected chi connectivity index (χ4v) is 2.64. The molecule has 2 aromatic heterocycles. The lowest BCUT2D eigenvalue weighted by molar-refractivity contribution is -0.147. The number of carbonyl (C=O) groups excluding carboxylic acids is 2. The van der Waals surface area contributed by atoms with Gasteiger partial charge in [0, 0.05) is 18.1 Å². The fourth-order valence-electron chi connectivity index (χ4n) is 1.85. The molecule has 1 amide bonds. The van der Waals surface area contributed by atoms with Crippen LogP contribution in [0.5, 0.6) is 0 Å². The number of aromatic nitrogens is 2. The van der Waals surface area contributed by atoms with E-state index >= 15 is 0 Å². The highest BCUT2D eigenvalue weighted by Crippen LogP contribution is 2.21. The van der Waals surface area contributed by atoms with Crippen molar-refractivity contribution in [2.75, 3.05) is 6.54 Å². The highest BCUT2D eigenvalue weighted by atomic mass is 32.1. The van der Waals surface area contributed by atoms with Crippen molar-refractivity contribution in [3.05, 3.63) is 35.5 Å². The topological polar surface area (TPSA) is 81.2 Å². The van der Waals surface area contributed by atoms with Crippen molar-refractivity contribution in [1.82, 2.24) is 15.3 Å². The predicted molar refractivity (Wildman–Crippen MR) is 87.9 cm³/mol. The minimum absolute atomic E-state index is 0.141. The van der Waals surface area contributed by atoms with E-state index in [1.54, 1.807) is 20.0 Å². The lowest BCUT2D eigenvalue weighted by Crippen LogP contribution is -2.28. The first-order chi connectivity index (χ1) is 11.0. The normalized spacial score (nSPS) is 10.6. The first-order valence-corrected chi connectivity index (χ1v) is 8.24. The number of nitrogens with one attached hydrogen (secondary N) is 1. The van der Waals surface area contributed by atoms with Gasteiger partial charge < -0.3 is 10.1 Å². The summed E-state index contributed by atoms with van der Waals surface area (Å²) in [5, 5.41) is 5.32. The number of hydrogen-bond donors (Lipinski definition) is 1. The minimum Gasteiger partial charge on any atom is -0.463 e. The molecule has 0 unspecified atom stereocenters. The molecule has 1 N–H and O–H groups in total. The van der Waals surface area contributed by atoms with Crippen molar-refractivity contribution in [1.29, 1.82) is 0 Å². The summed E-state index contributed by atoms with van der Waals surface area (Å²) in [7, 11) is 0. The lowest BCUT2D eigenvalue weighted by atomic mass is 10.3. The predicted octanol–water partition coefficient (Wildman–Crippen LogP) is 2.21. The summed E-state index contributed by atoms with van der Waals surface area (Å²) in [6.07, 6.45) is 1.92. The van der Waals surface area contributed by atoms with E-state index in [1.807, 2.05) is 23.6 Å². The van der Waals surface area contributed by atoms with Crippen LogP contribution in [0.15, 0.2) is 29.8 Å². The highest BCUT2D eigenvalue weighted by molar-refractivity contribution is 7.13. The molecule has 0 aliphatic rings. The van der Waals surface area contributed by atoms with Gasteiger partial charge in [-0.2, -0.15) is 0 Å². The lowest BCUT2D eigenvalue weighted by Gasteiger charge is -2.08. The Bertz CT molecular complexity index is 656.